The zero-order valence-electron chi connectivity index (χ0n) is 11.9. The van der Waals surface area contributed by atoms with Gasteiger partial charge in [-0.05, 0) is 30.1 Å². The van der Waals surface area contributed by atoms with E-state index < -0.39 is 0 Å². The first-order valence-electron chi connectivity index (χ1n) is 6.54. The van der Waals surface area contributed by atoms with Gasteiger partial charge in [-0.25, -0.2) is 0 Å². The molecule has 0 aromatic rings. The van der Waals surface area contributed by atoms with E-state index in [9.17, 15) is 4.79 Å². The van der Waals surface area contributed by atoms with Gasteiger partial charge in [-0.2, -0.15) is 0 Å². The Morgan fingerprint density at radius 3 is 2.50 bits per heavy atom. The summed E-state index contributed by atoms with van der Waals surface area (Å²) in [7, 11) is 0. The minimum absolute atomic E-state index is 0. The largest absolute Gasteiger partial charge is 0.341 e. The molecule has 0 spiro atoms. The summed E-state index contributed by atoms with van der Waals surface area (Å²) in [6.45, 7) is 10.9. The second kappa shape index (κ2) is 7.61. The molecule has 1 aliphatic heterocycles. The first kappa shape index (κ1) is 18.1. The van der Waals surface area contributed by atoms with Gasteiger partial charge in [-0.15, -0.1) is 24.2 Å². The molecule has 5 heteroatoms. The second-order valence-electron chi connectivity index (χ2n) is 5.64. The maximum atomic E-state index is 12.4. The number of hydrogen-bond acceptors (Lipinski definition) is 3. The van der Waals surface area contributed by atoms with Gasteiger partial charge in [0.1, 0.15) is 0 Å². The van der Waals surface area contributed by atoms with Crippen LogP contribution in [0.4, 0.5) is 0 Å². The zero-order chi connectivity index (χ0) is 13.1. The van der Waals surface area contributed by atoms with Crippen LogP contribution in [0.15, 0.2) is 0 Å². The number of nitrogens with zero attached hydrogens (tertiary/aromatic N) is 1. The molecular weight excluding hydrogens is 268 g/mol. The summed E-state index contributed by atoms with van der Waals surface area (Å²) in [5.74, 6) is 1.71. The Morgan fingerprint density at radius 1 is 1.50 bits per heavy atom. The Kier molecular flexibility index (Phi) is 7.64. The molecule has 1 amide bonds. The molecule has 0 radical (unpaired) electrons. The Balaban J connectivity index is 0.00000289. The quantitative estimate of drug-likeness (QED) is 0.847. The number of thioether (sulfide) groups is 1. The third-order valence-corrected chi connectivity index (χ3v) is 5.00. The van der Waals surface area contributed by atoms with Crippen LogP contribution in [-0.2, 0) is 4.79 Å². The van der Waals surface area contributed by atoms with E-state index in [1.807, 2.05) is 4.90 Å². The van der Waals surface area contributed by atoms with Gasteiger partial charge in [0.2, 0.25) is 5.91 Å². The number of likely N-dealkylation sites (tertiary alicyclic amines) is 1. The summed E-state index contributed by atoms with van der Waals surface area (Å²) in [5, 5.41) is 0.111. The minimum Gasteiger partial charge on any atom is -0.341 e. The van der Waals surface area contributed by atoms with Gasteiger partial charge in [0, 0.05) is 13.1 Å². The third-order valence-electron chi connectivity index (χ3n) is 3.56. The number of rotatable bonds is 5. The lowest BCUT2D eigenvalue weighted by atomic mass is 9.90. The summed E-state index contributed by atoms with van der Waals surface area (Å²) in [6, 6.07) is 0. The summed E-state index contributed by atoms with van der Waals surface area (Å²) in [4.78, 5) is 14.5. The number of nitrogens with two attached hydrogens (primary N) is 1. The molecule has 2 unspecified atom stereocenters. The predicted octanol–water partition coefficient (Wildman–Crippen LogP) is 2.38. The summed E-state index contributed by atoms with van der Waals surface area (Å²) in [6.07, 6.45) is 1.04. The highest BCUT2D eigenvalue weighted by molar-refractivity contribution is 8.00. The SMILES string of the molecule is CCSC(C(=O)N1CCC(C)(CN)C1)C(C)C.Cl. The Hall–Kier alpha value is 0.0700. The molecule has 0 saturated carbocycles. The molecule has 2 N–H and O–H groups in total. The van der Waals surface area contributed by atoms with Crippen LogP contribution in [0.5, 0.6) is 0 Å². The van der Waals surface area contributed by atoms with Crippen LogP contribution in [0.1, 0.15) is 34.1 Å². The molecule has 1 aliphatic rings. The Labute approximate surface area is 122 Å². The molecule has 108 valence electrons. The third kappa shape index (κ3) is 4.32. The Bertz CT molecular complexity index is 276. The number of carbonyl (C=O) groups is 1. The summed E-state index contributed by atoms with van der Waals surface area (Å²) in [5.41, 5.74) is 5.91. The molecule has 1 fully saturated rings. The molecule has 0 aromatic carbocycles. The van der Waals surface area contributed by atoms with E-state index in [1.165, 1.54) is 0 Å². The topological polar surface area (TPSA) is 46.3 Å². The fraction of sp³-hybridized carbons (Fsp3) is 0.923. The first-order chi connectivity index (χ1) is 7.93. The van der Waals surface area contributed by atoms with E-state index in [0.29, 0.717) is 18.4 Å². The highest BCUT2D eigenvalue weighted by Crippen LogP contribution is 2.31. The van der Waals surface area contributed by atoms with E-state index >= 15 is 0 Å². The Morgan fingerprint density at radius 2 is 2.11 bits per heavy atom. The lowest BCUT2D eigenvalue weighted by Gasteiger charge is -2.27. The molecule has 0 bridgehead atoms. The molecule has 2 atom stereocenters. The van der Waals surface area contributed by atoms with Crippen molar-refractivity contribution in [3.63, 3.8) is 0 Å². The lowest BCUT2D eigenvalue weighted by molar-refractivity contribution is -0.130. The van der Waals surface area contributed by atoms with Crippen molar-refractivity contribution in [2.75, 3.05) is 25.4 Å². The van der Waals surface area contributed by atoms with Gasteiger partial charge in [0.15, 0.2) is 0 Å². The second-order valence-corrected chi connectivity index (χ2v) is 7.06. The predicted molar refractivity (Wildman–Crippen MR) is 82.4 cm³/mol. The van der Waals surface area contributed by atoms with Crippen LogP contribution < -0.4 is 5.73 Å². The summed E-state index contributed by atoms with van der Waals surface area (Å²) < 4.78 is 0. The van der Waals surface area contributed by atoms with E-state index in [4.69, 9.17) is 5.73 Å². The van der Waals surface area contributed by atoms with Gasteiger partial charge in [0.05, 0.1) is 5.25 Å². The number of amides is 1. The van der Waals surface area contributed by atoms with Crippen molar-refractivity contribution in [3.05, 3.63) is 0 Å². The van der Waals surface area contributed by atoms with Crippen LogP contribution in [0.25, 0.3) is 0 Å². The molecular formula is C13H27ClN2OS. The van der Waals surface area contributed by atoms with Crippen molar-refractivity contribution < 1.29 is 4.79 Å². The van der Waals surface area contributed by atoms with Crippen molar-refractivity contribution >= 4 is 30.1 Å². The van der Waals surface area contributed by atoms with Crippen LogP contribution in [0.2, 0.25) is 0 Å². The van der Waals surface area contributed by atoms with Crippen LogP contribution in [0.3, 0.4) is 0 Å². The lowest BCUT2D eigenvalue weighted by Crippen LogP contribution is -2.40. The molecule has 3 nitrogen and oxygen atoms in total. The highest BCUT2D eigenvalue weighted by Gasteiger charge is 2.37. The van der Waals surface area contributed by atoms with Gasteiger partial charge in [-0.3, -0.25) is 4.79 Å². The molecule has 1 saturated heterocycles. The highest BCUT2D eigenvalue weighted by atomic mass is 35.5. The van der Waals surface area contributed by atoms with Gasteiger partial charge >= 0.3 is 0 Å². The van der Waals surface area contributed by atoms with E-state index in [0.717, 1.165) is 25.3 Å². The van der Waals surface area contributed by atoms with Crippen molar-refractivity contribution in [2.45, 2.75) is 39.4 Å². The minimum atomic E-state index is 0. The molecule has 0 aliphatic carbocycles. The number of halogens is 1. The average molecular weight is 295 g/mol. The molecule has 18 heavy (non-hydrogen) atoms. The van der Waals surface area contributed by atoms with E-state index in [2.05, 4.69) is 27.7 Å². The fourth-order valence-corrected chi connectivity index (χ4v) is 3.32. The average Bonchev–Trinajstić information content (AvgIpc) is 2.68. The standard InChI is InChI=1S/C13H26N2OS.ClH/c1-5-17-11(10(2)3)12(16)15-7-6-13(4,8-14)9-15;/h10-11H,5-9,14H2,1-4H3;1H. The smallest absolute Gasteiger partial charge is 0.235 e. The van der Waals surface area contributed by atoms with Gasteiger partial charge in [-0.1, -0.05) is 27.7 Å². The molecule has 1 rings (SSSR count). The summed E-state index contributed by atoms with van der Waals surface area (Å²) >= 11 is 1.76. The monoisotopic (exact) mass is 294 g/mol. The van der Waals surface area contributed by atoms with Crippen molar-refractivity contribution in [1.82, 2.24) is 4.90 Å². The van der Waals surface area contributed by atoms with Gasteiger partial charge < -0.3 is 10.6 Å². The van der Waals surface area contributed by atoms with Crippen LogP contribution in [-0.4, -0.2) is 41.4 Å². The van der Waals surface area contributed by atoms with Gasteiger partial charge in [0.25, 0.3) is 0 Å². The number of hydrogen-bond donors (Lipinski definition) is 1. The first-order valence-corrected chi connectivity index (χ1v) is 7.59. The van der Waals surface area contributed by atoms with Crippen molar-refractivity contribution in [2.24, 2.45) is 17.1 Å². The van der Waals surface area contributed by atoms with Crippen molar-refractivity contribution in [3.8, 4) is 0 Å². The van der Waals surface area contributed by atoms with Crippen LogP contribution >= 0.6 is 24.2 Å². The zero-order valence-corrected chi connectivity index (χ0v) is 13.6. The van der Waals surface area contributed by atoms with E-state index in [1.54, 1.807) is 11.8 Å². The molecule has 0 aromatic heterocycles. The van der Waals surface area contributed by atoms with Crippen LogP contribution in [0, 0.1) is 11.3 Å². The maximum absolute atomic E-state index is 12.4. The normalized spacial score (nSPS) is 25.1. The molecule has 1 heterocycles. The number of carbonyl (C=O) groups excluding carboxylic acids is 1. The van der Waals surface area contributed by atoms with Crippen molar-refractivity contribution in [1.29, 1.82) is 0 Å². The van der Waals surface area contributed by atoms with E-state index in [-0.39, 0.29) is 23.1 Å². The maximum Gasteiger partial charge on any atom is 0.235 e. The fourth-order valence-electron chi connectivity index (χ4n) is 2.29.